The third-order valence-corrected chi connectivity index (χ3v) is 4.29. The molecule has 1 atom stereocenters. The van der Waals surface area contributed by atoms with E-state index in [1.807, 2.05) is 19.9 Å². The van der Waals surface area contributed by atoms with Crippen LogP contribution >= 0.6 is 0 Å². The van der Waals surface area contributed by atoms with Gasteiger partial charge < -0.3 is 9.64 Å². The topological polar surface area (TPSA) is 92.9 Å². The highest BCUT2D eigenvalue weighted by Crippen LogP contribution is 2.19. The van der Waals surface area contributed by atoms with Crippen molar-refractivity contribution in [3.63, 3.8) is 0 Å². The van der Waals surface area contributed by atoms with E-state index in [4.69, 9.17) is 4.74 Å². The van der Waals surface area contributed by atoms with E-state index < -0.39 is 0 Å². The van der Waals surface area contributed by atoms with Crippen molar-refractivity contribution >= 4 is 17.8 Å². The van der Waals surface area contributed by atoms with Crippen molar-refractivity contribution in [1.82, 2.24) is 29.4 Å². The highest BCUT2D eigenvalue weighted by atomic mass is 16.6. The number of carbonyl (C=O) groups is 2. The van der Waals surface area contributed by atoms with Gasteiger partial charge in [0.05, 0.1) is 6.04 Å². The van der Waals surface area contributed by atoms with Gasteiger partial charge in [-0.2, -0.15) is 0 Å². The Hall–Kier alpha value is -2.71. The molecule has 0 radical (unpaired) electrons. The van der Waals surface area contributed by atoms with Crippen LogP contribution in [0.1, 0.15) is 22.0 Å². The molecule has 0 unspecified atom stereocenters. The first kappa shape index (κ1) is 13.9. The van der Waals surface area contributed by atoms with E-state index in [0.717, 1.165) is 11.4 Å². The molecule has 0 bridgehead atoms. The Balaban J connectivity index is 1.64. The molecule has 0 spiro atoms. The summed E-state index contributed by atoms with van der Waals surface area (Å²) in [6.45, 7) is 5.46. The van der Waals surface area contributed by atoms with Crippen LogP contribution in [0.15, 0.2) is 6.07 Å². The highest BCUT2D eigenvalue weighted by molar-refractivity contribution is 5.91. The number of rotatable bonds is 1. The van der Waals surface area contributed by atoms with E-state index in [-0.39, 0.29) is 23.9 Å². The summed E-state index contributed by atoms with van der Waals surface area (Å²) >= 11 is 0. The Bertz CT molecular complexity index is 816. The van der Waals surface area contributed by atoms with Gasteiger partial charge in [0.15, 0.2) is 0 Å². The van der Waals surface area contributed by atoms with E-state index in [1.165, 1.54) is 0 Å². The molecule has 0 N–H and O–H groups in total. The lowest BCUT2D eigenvalue weighted by molar-refractivity contribution is 0.0603. The van der Waals surface area contributed by atoms with Crippen LogP contribution in [0, 0.1) is 13.8 Å². The van der Waals surface area contributed by atoms with Crippen LogP contribution in [0.4, 0.5) is 4.79 Å². The first-order valence-electron chi connectivity index (χ1n) is 7.46. The van der Waals surface area contributed by atoms with Crippen molar-refractivity contribution < 1.29 is 14.3 Å². The van der Waals surface area contributed by atoms with Crippen LogP contribution in [0.3, 0.4) is 0 Å². The molecule has 9 heteroatoms. The quantitative estimate of drug-likeness (QED) is 0.736. The van der Waals surface area contributed by atoms with Gasteiger partial charge in [0.1, 0.15) is 6.61 Å². The maximum Gasteiger partial charge on any atom is 0.410 e. The lowest BCUT2D eigenvalue weighted by Gasteiger charge is -2.34. The zero-order valence-corrected chi connectivity index (χ0v) is 12.9. The normalized spacial score (nSPS) is 20.8. The average molecular weight is 316 g/mol. The van der Waals surface area contributed by atoms with Crippen molar-refractivity contribution in [2.75, 3.05) is 26.2 Å². The number of piperazine rings is 1. The molecule has 2 saturated heterocycles. The molecule has 0 aromatic carbocycles. The minimum absolute atomic E-state index is 0.0825. The van der Waals surface area contributed by atoms with Gasteiger partial charge in [-0.15, -0.1) is 10.2 Å². The van der Waals surface area contributed by atoms with Crippen LogP contribution in [0.2, 0.25) is 0 Å². The number of cyclic esters (lactones) is 1. The van der Waals surface area contributed by atoms with Gasteiger partial charge in [0.25, 0.3) is 11.7 Å². The third kappa shape index (κ3) is 2.11. The number of nitrogens with zero attached hydrogens (tertiary/aromatic N) is 6. The van der Waals surface area contributed by atoms with Crippen molar-refractivity contribution in [2.45, 2.75) is 19.9 Å². The zero-order valence-electron chi connectivity index (χ0n) is 12.9. The van der Waals surface area contributed by atoms with Gasteiger partial charge in [-0.25, -0.2) is 9.78 Å². The van der Waals surface area contributed by atoms with Crippen LogP contribution in [-0.2, 0) is 4.74 Å². The molecule has 0 saturated carbocycles. The molecule has 2 aliphatic rings. The fourth-order valence-corrected chi connectivity index (χ4v) is 3.18. The molecule has 4 heterocycles. The largest absolute Gasteiger partial charge is 0.447 e. The first-order chi connectivity index (χ1) is 11.0. The third-order valence-electron chi connectivity index (χ3n) is 4.29. The maximum atomic E-state index is 12.8. The number of aryl methyl sites for hydroxylation is 2. The van der Waals surface area contributed by atoms with Gasteiger partial charge in [-0.1, -0.05) is 0 Å². The zero-order chi connectivity index (χ0) is 16.1. The summed E-state index contributed by atoms with van der Waals surface area (Å²) < 4.78 is 6.69. The molecule has 9 nitrogen and oxygen atoms in total. The van der Waals surface area contributed by atoms with Crippen LogP contribution in [-0.4, -0.2) is 73.7 Å². The van der Waals surface area contributed by atoms with E-state index in [2.05, 4.69) is 15.2 Å². The summed E-state index contributed by atoms with van der Waals surface area (Å²) in [4.78, 5) is 32.0. The molecule has 2 amide bonds. The van der Waals surface area contributed by atoms with Gasteiger partial charge >= 0.3 is 6.09 Å². The number of carbonyl (C=O) groups excluding carboxylic acids is 2. The fraction of sp³-hybridized carbons (Fsp3) is 0.500. The van der Waals surface area contributed by atoms with Crippen LogP contribution < -0.4 is 0 Å². The molecule has 2 aromatic rings. The van der Waals surface area contributed by atoms with Crippen LogP contribution in [0.5, 0.6) is 0 Å². The molecule has 23 heavy (non-hydrogen) atoms. The minimum Gasteiger partial charge on any atom is -0.447 e. The second kappa shape index (κ2) is 4.90. The fourth-order valence-electron chi connectivity index (χ4n) is 3.18. The number of aromatic nitrogens is 4. The summed E-state index contributed by atoms with van der Waals surface area (Å²) in [5.41, 5.74) is 1.69. The first-order valence-corrected chi connectivity index (χ1v) is 7.46. The van der Waals surface area contributed by atoms with E-state index in [0.29, 0.717) is 32.0 Å². The summed E-state index contributed by atoms with van der Waals surface area (Å²) in [7, 11) is 0. The molecule has 4 rings (SSSR count). The predicted molar refractivity (Wildman–Crippen MR) is 78.0 cm³/mol. The molecule has 2 fully saturated rings. The monoisotopic (exact) mass is 316 g/mol. The van der Waals surface area contributed by atoms with E-state index in [9.17, 15) is 9.59 Å². The summed E-state index contributed by atoms with van der Waals surface area (Å²) in [6.07, 6.45) is -0.300. The predicted octanol–water partition coefficient (Wildman–Crippen LogP) is 0.0177. The number of hydrogen-bond donors (Lipinski definition) is 0. The number of ether oxygens (including phenoxy) is 1. The van der Waals surface area contributed by atoms with Crippen molar-refractivity contribution in [2.24, 2.45) is 0 Å². The maximum absolute atomic E-state index is 12.8. The van der Waals surface area contributed by atoms with Gasteiger partial charge in [-0.3, -0.25) is 14.1 Å². The van der Waals surface area contributed by atoms with Crippen molar-refractivity contribution in [1.29, 1.82) is 0 Å². The molecule has 2 aliphatic heterocycles. The SMILES string of the molecule is Cc1cc(C)n2c(C(=O)N3CCN4C(=O)OC[C@@H]4C3)nnc2n1. The Morgan fingerprint density at radius 3 is 2.96 bits per heavy atom. The lowest BCUT2D eigenvalue weighted by atomic mass is 10.2. The molecule has 0 aliphatic carbocycles. The Kier molecular flexibility index (Phi) is 2.97. The summed E-state index contributed by atoms with van der Waals surface area (Å²) in [5.74, 6) is 0.470. The summed E-state index contributed by atoms with van der Waals surface area (Å²) in [5, 5.41) is 8.02. The second-order valence-corrected chi connectivity index (χ2v) is 5.87. The van der Waals surface area contributed by atoms with Gasteiger partial charge in [0.2, 0.25) is 5.82 Å². The standard InChI is InChI=1S/C14H16N6O3/c1-8-5-9(2)20-11(16-17-13(20)15-8)12(21)18-3-4-19-10(6-18)7-23-14(19)22/h5,10H,3-4,6-7H2,1-2H3/t10-/m0/s1. The molecule has 120 valence electrons. The van der Waals surface area contributed by atoms with E-state index >= 15 is 0 Å². The van der Waals surface area contributed by atoms with Gasteiger partial charge in [0, 0.05) is 31.0 Å². The Morgan fingerprint density at radius 1 is 1.30 bits per heavy atom. The molecular formula is C14H16N6O3. The minimum atomic E-state index is -0.300. The second-order valence-electron chi connectivity index (χ2n) is 5.87. The van der Waals surface area contributed by atoms with Gasteiger partial charge in [-0.05, 0) is 19.9 Å². The number of amides is 2. The highest BCUT2D eigenvalue weighted by Gasteiger charge is 2.39. The number of hydrogen-bond acceptors (Lipinski definition) is 6. The van der Waals surface area contributed by atoms with Crippen molar-refractivity contribution in [3.8, 4) is 0 Å². The average Bonchev–Trinajstić information content (AvgIpc) is 3.10. The van der Waals surface area contributed by atoms with E-state index in [1.54, 1.807) is 14.2 Å². The van der Waals surface area contributed by atoms with Crippen LogP contribution in [0.25, 0.3) is 5.78 Å². The molecular weight excluding hydrogens is 300 g/mol. The Labute approximate surface area is 131 Å². The smallest absolute Gasteiger partial charge is 0.410 e. The van der Waals surface area contributed by atoms with Crippen molar-refractivity contribution in [3.05, 3.63) is 23.3 Å². The number of fused-ring (bicyclic) bond motifs is 2. The lowest BCUT2D eigenvalue weighted by Crippen LogP contribution is -2.54. The molecule has 2 aromatic heterocycles. The summed E-state index contributed by atoms with van der Waals surface area (Å²) in [6, 6.07) is 1.80. The Morgan fingerprint density at radius 2 is 2.13 bits per heavy atom.